The number of nitrogens with one attached hydrogen (secondary N) is 1. The van der Waals surface area contributed by atoms with Crippen LogP contribution in [0.2, 0.25) is 10.0 Å². The second kappa shape index (κ2) is 6.33. The monoisotopic (exact) mass is 294 g/mol. The van der Waals surface area contributed by atoms with E-state index in [0.717, 1.165) is 0 Å². The van der Waals surface area contributed by atoms with Gasteiger partial charge in [-0.1, -0.05) is 30.1 Å². The summed E-state index contributed by atoms with van der Waals surface area (Å²) in [5.74, 6) is 0. The molecule has 0 fully saturated rings. The molecule has 1 N–H and O–H groups in total. The number of anilines is 1. The molecule has 0 aliphatic carbocycles. The van der Waals surface area contributed by atoms with Crippen LogP contribution in [0.4, 0.5) is 11.4 Å². The van der Waals surface area contributed by atoms with E-state index in [1.54, 1.807) is 11.8 Å². The van der Waals surface area contributed by atoms with E-state index in [2.05, 4.69) is 12.2 Å². The molecule has 17 heavy (non-hydrogen) atoms. The van der Waals surface area contributed by atoms with Gasteiger partial charge in [0.05, 0.1) is 20.7 Å². The normalized spacial score (nSPS) is 12.2. The van der Waals surface area contributed by atoms with E-state index in [0.29, 0.717) is 17.5 Å². The zero-order chi connectivity index (χ0) is 13.0. The Balaban J connectivity index is 2.90. The smallest absolute Gasteiger partial charge is 0.272 e. The van der Waals surface area contributed by atoms with E-state index in [9.17, 15) is 10.1 Å². The van der Waals surface area contributed by atoms with Crippen LogP contribution in [0.1, 0.15) is 6.92 Å². The Morgan fingerprint density at radius 2 is 2.00 bits per heavy atom. The Labute approximate surface area is 114 Å². The van der Waals surface area contributed by atoms with Gasteiger partial charge in [-0.2, -0.15) is 11.8 Å². The van der Waals surface area contributed by atoms with Gasteiger partial charge in [-0.25, -0.2) is 0 Å². The summed E-state index contributed by atoms with van der Waals surface area (Å²) >= 11 is 13.6. The maximum atomic E-state index is 10.6. The molecule has 1 rings (SSSR count). The molecule has 1 aromatic rings. The minimum Gasteiger partial charge on any atom is -0.382 e. The molecule has 1 aromatic carbocycles. The molecular formula is C10H12Cl2N2O2S. The van der Waals surface area contributed by atoms with Gasteiger partial charge in [0.2, 0.25) is 0 Å². The van der Waals surface area contributed by atoms with Crippen molar-refractivity contribution < 1.29 is 4.92 Å². The number of thioether (sulfide) groups is 1. The number of halogens is 2. The highest BCUT2D eigenvalue weighted by molar-refractivity contribution is 7.99. The first-order valence-electron chi connectivity index (χ1n) is 4.85. The highest BCUT2D eigenvalue weighted by atomic mass is 35.5. The van der Waals surface area contributed by atoms with Crippen molar-refractivity contribution in [3.63, 3.8) is 0 Å². The van der Waals surface area contributed by atoms with Gasteiger partial charge in [0.15, 0.2) is 0 Å². The molecule has 0 bridgehead atoms. The number of hydrogen-bond acceptors (Lipinski definition) is 4. The first-order valence-corrected chi connectivity index (χ1v) is 6.90. The summed E-state index contributed by atoms with van der Waals surface area (Å²) in [7, 11) is 0. The summed E-state index contributed by atoms with van der Waals surface area (Å²) < 4.78 is 0. The molecule has 1 unspecified atom stereocenters. The van der Waals surface area contributed by atoms with Gasteiger partial charge in [-0.05, 0) is 6.26 Å². The van der Waals surface area contributed by atoms with Gasteiger partial charge in [0, 0.05) is 23.9 Å². The van der Waals surface area contributed by atoms with Gasteiger partial charge in [-0.15, -0.1) is 0 Å². The van der Waals surface area contributed by atoms with E-state index < -0.39 is 4.92 Å². The van der Waals surface area contributed by atoms with Crippen LogP contribution in [-0.2, 0) is 0 Å². The van der Waals surface area contributed by atoms with Crippen LogP contribution in [-0.4, -0.2) is 23.0 Å². The van der Waals surface area contributed by atoms with Gasteiger partial charge in [0.1, 0.15) is 0 Å². The van der Waals surface area contributed by atoms with Crippen molar-refractivity contribution in [2.75, 3.05) is 18.1 Å². The number of nitro groups is 1. The maximum absolute atomic E-state index is 10.6. The predicted octanol–water partition coefficient (Wildman–Crippen LogP) is 4.07. The van der Waals surface area contributed by atoms with Crippen LogP contribution in [0.25, 0.3) is 0 Å². The summed E-state index contributed by atoms with van der Waals surface area (Å²) in [4.78, 5) is 10.1. The van der Waals surface area contributed by atoms with E-state index in [1.807, 2.05) is 6.26 Å². The van der Waals surface area contributed by atoms with Crippen LogP contribution in [0.3, 0.4) is 0 Å². The third kappa shape index (κ3) is 3.94. The third-order valence-corrected chi connectivity index (χ3v) is 3.77. The van der Waals surface area contributed by atoms with E-state index in [1.165, 1.54) is 12.1 Å². The maximum Gasteiger partial charge on any atom is 0.272 e. The van der Waals surface area contributed by atoms with Crippen LogP contribution >= 0.6 is 35.0 Å². The number of non-ortho nitro benzene ring substituents is 1. The molecule has 0 saturated carbocycles. The van der Waals surface area contributed by atoms with Crippen molar-refractivity contribution in [1.29, 1.82) is 0 Å². The average molecular weight is 295 g/mol. The molecule has 7 heteroatoms. The first kappa shape index (κ1) is 14.4. The fourth-order valence-electron chi connectivity index (χ4n) is 1.16. The van der Waals surface area contributed by atoms with Crippen molar-refractivity contribution in [3.8, 4) is 0 Å². The van der Waals surface area contributed by atoms with E-state index in [4.69, 9.17) is 23.2 Å². The Morgan fingerprint density at radius 1 is 1.47 bits per heavy atom. The number of nitrogens with zero attached hydrogens (tertiary/aromatic N) is 1. The van der Waals surface area contributed by atoms with Crippen LogP contribution in [0, 0.1) is 10.1 Å². The summed E-state index contributed by atoms with van der Waals surface area (Å²) in [6, 6.07) is 2.58. The Morgan fingerprint density at radius 3 is 2.41 bits per heavy atom. The second-order valence-electron chi connectivity index (χ2n) is 3.47. The molecule has 4 nitrogen and oxygen atoms in total. The van der Waals surface area contributed by atoms with Gasteiger partial charge in [-0.3, -0.25) is 10.1 Å². The van der Waals surface area contributed by atoms with Crippen molar-refractivity contribution in [2.24, 2.45) is 0 Å². The van der Waals surface area contributed by atoms with Crippen molar-refractivity contribution in [3.05, 3.63) is 32.3 Å². The average Bonchev–Trinajstić information content (AvgIpc) is 2.27. The fraction of sp³-hybridized carbons (Fsp3) is 0.400. The molecule has 94 valence electrons. The largest absolute Gasteiger partial charge is 0.382 e. The quantitative estimate of drug-likeness (QED) is 0.657. The zero-order valence-corrected chi connectivity index (χ0v) is 11.7. The Kier molecular flexibility index (Phi) is 5.36. The van der Waals surface area contributed by atoms with Crippen molar-refractivity contribution in [1.82, 2.24) is 0 Å². The zero-order valence-electron chi connectivity index (χ0n) is 9.37. The van der Waals surface area contributed by atoms with Crippen LogP contribution < -0.4 is 5.32 Å². The lowest BCUT2D eigenvalue weighted by atomic mass is 10.2. The number of rotatable bonds is 5. The Hall–Kier alpha value is -0.650. The SMILES string of the molecule is CSC(C)CNc1c(Cl)cc([N+](=O)[O-])cc1Cl. The molecule has 0 amide bonds. The van der Waals surface area contributed by atoms with E-state index >= 15 is 0 Å². The molecule has 0 aromatic heterocycles. The molecule has 1 atom stereocenters. The molecule has 0 spiro atoms. The number of nitro benzene ring substituents is 1. The molecule has 0 radical (unpaired) electrons. The summed E-state index contributed by atoms with van der Waals surface area (Å²) in [6.45, 7) is 2.75. The van der Waals surface area contributed by atoms with Crippen LogP contribution in [0.5, 0.6) is 0 Å². The first-order chi connectivity index (χ1) is 7.95. The summed E-state index contributed by atoms with van der Waals surface area (Å²) in [5, 5.41) is 14.6. The molecule has 0 aliphatic heterocycles. The third-order valence-electron chi connectivity index (χ3n) is 2.21. The number of benzene rings is 1. The lowest BCUT2D eigenvalue weighted by Crippen LogP contribution is -2.13. The predicted molar refractivity (Wildman–Crippen MR) is 74.6 cm³/mol. The lowest BCUT2D eigenvalue weighted by Gasteiger charge is -2.13. The van der Waals surface area contributed by atoms with E-state index in [-0.39, 0.29) is 15.7 Å². The Bertz CT molecular complexity index is 406. The second-order valence-corrected chi connectivity index (χ2v) is 5.56. The van der Waals surface area contributed by atoms with Gasteiger partial charge < -0.3 is 5.32 Å². The molecule has 0 aliphatic rings. The number of hydrogen-bond donors (Lipinski definition) is 1. The van der Waals surface area contributed by atoms with Crippen molar-refractivity contribution >= 4 is 46.3 Å². The minimum absolute atomic E-state index is 0.108. The van der Waals surface area contributed by atoms with Crippen molar-refractivity contribution in [2.45, 2.75) is 12.2 Å². The minimum atomic E-state index is -0.522. The summed E-state index contributed by atoms with van der Waals surface area (Å²) in [6.07, 6.45) is 2.01. The summed E-state index contributed by atoms with van der Waals surface area (Å²) in [5.41, 5.74) is 0.434. The molecular weight excluding hydrogens is 283 g/mol. The highest BCUT2D eigenvalue weighted by Gasteiger charge is 2.14. The van der Waals surface area contributed by atoms with Gasteiger partial charge >= 0.3 is 0 Å². The lowest BCUT2D eigenvalue weighted by molar-refractivity contribution is -0.384. The standard InChI is InChI=1S/C10H12Cl2N2O2S/c1-6(17-2)5-13-10-8(11)3-7(14(15)16)4-9(10)12/h3-4,6,13H,5H2,1-2H3. The highest BCUT2D eigenvalue weighted by Crippen LogP contribution is 2.34. The molecule has 0 saturated heterocycles. The van der Waals surface area contributed by atoms with Gasteiger partial charge in [0.25, 0.3) is 5.69 Å². The topological polar surface area (TPSA) is 55.2 Å². The van der Waals surface area contributed by atoms with Crippen LogP contribution in [0.15, 0.2) is 12.1 Å². The fourth-order valence-corrected chi connectivity index (χ4v) is 2.02. The molecule has 0 heterocycles.